The summed E-state index contributed by atoms with van der Waals surface area (Å²) in [4.78, 5) is 22.9. The molecule has 0 saturated carbocycles. The van der Waals surface area contributed by atoms with Crippen molar-refractivity contribution in [2.45, 2.75) is 0 Å². The highest BCUT2D eigenvalue weighted by Gasteiger charge is 2.24. The molecule has 0 bridgehead atoms. The molecule has 8 heteroatoms. The Bertz CT molecular complexity index is 734. The highest BCUT2D eigenvalue weighted by molar-refractivity contribution is 6.45. The number of aromatic carboxylic acids is 2. The Morgan fingerprint density at radius 3 is 1.27 bits per heavy atom. The molecule has 0 radical (unpaired) electrons. The second-order valence-corrected chi connectivity index (χ2v) is 5.75. The lowest BCUT2D eigenvalue weighted by atomic mass is 9.95. The van der Waals surface area contributed by atoms with Crippen LogP contribution in [0.3, 0.4) is 0 Å². The van der Waals surface area contributed by atoms with Crippen molar-refractivity contribution >= 4 is 58.3 Å². The zero-order chi connectivity index (χ0) is 16.6. The van der Waals surface area contributed by atoms with E-state index < -0.39 is 11.9 Å². The average molecular weight is 380 g/mol. The molecule has 114 valence electrons. The van der Waals surface area contributed by atoms with Crippen LogP contribution in [0.1, 0.15) is 20.7 Å². The fourth-order valence-corrected chi connectivity index (χ4v) is 2.77. The first-order valence-electron chi connectivity index (χ1n) is 5.68. The molecule has 4 nitrogen and oxygen atoms in total. The van der Waals surface area contributed by atoms with Gasteiger partial charge in [-0.15, -0.1) is 0 Å². The van der Waals surface area contributed by atoms with E-state index in [1.54, 1.807) is 0 Å². The highest BCUT2D eigenvalue weighted by Crippen LogP contribution is 2.39. The Hall–Kier alpha value is -1.46. The normalized spacial score (nSPS) is 10.5. The van der Waals surface area contributed by atoms with E-state index in [4.69, 9.17) is 46.4 Å². The first-order chi connectivity index (χ1) is 10.3. The molecule has 2 rings (SSSR count). The molecule has 0 aliphatic carbocycles. The smallest absolute Gasteiger partial charge is 0.337 e. The molecule has 22 heavy (non-hydrogen) atoms. The Morgan fingerprint density at radius 1 is 0.682 bits per heavy atom. The first-order valence-corrected chi connectivity index (χ1v) is 7.19. The summed E-state index contributed by atoms with van der Waals surface area (Å²) in [6, 6.07) is 5.48. The number of carbonyl (C=O) groups is 2. The lowest BCUT2D eigenvalue weighted by Gasteiger charge is -2.13. The zero-order valence-electron chi connectivity index (χ0n) is 10.5. The van der Waals surface area contributed by atoms with Crippen LogP contribution in [0.4, 0.5) is 0 Å². The summed E-state index contributed by atoms with van der Waals surface area (Å²) in [5, 5.41) is 18.4. The summed E-state index contributed by atoms with van der Waals surface area (Å²) in [6.45, 7) is 0. The van der Waals surface area contributed by atoms with Gasteiger partial charge in [0.05, 0.1) is 31.2 Å². The van der Waals surface area contributed by atoms with Crippen LogP contribution < -0.4 is 0 Å². The third-order valence-corrected chi connectivity index (χ3v) is 4.52. The van der Waals surface area contributed by atoms with Gasteiger partial charge in [0.1, 0.15) is 0 Å². The summed E-state index contributed by atoms with van der Waals surface area (Å²) in [6.07, 6.45) is 0. The van der Waals surface area contributed by atoms with Gasteiger partial charge in [0.25, 0.3) is 0 Å². The van der Waals surface area contributed by atoms with Crippen molar-refractivity contribution in [1.82, 2.24) is 0 Å². The van der Waals surface area contributed by atoms with Gasteiger partial charge in [-0.25, -0.2) is 9.59 Å². The van der Waals surface area contributed by atoms with Gasteiger partial charge in [0.2, 0.25) is 0 Å². The van der Waals surface area contributed by atoms with Crippen molar-refractivity contribution in [2.24, 2.45) is 0 Å². The summed E-state index contributed by atoms with van der Waals surface area (Å²) in [5.74, 6) is -2.69. The predicted octanol–water partition coefficient (Wildman–Crippen LogP) is 5.36. The summed E-state index contributed by atoms with van der Waals surface area (Å²) >= 11 is 23.5. The maximum Gasteiger partial charge on any atom is 0.337 e. The molecule has 2 aromatic rings. The molecule has 0 amide bonds. The molecule has 0 unspecified atom stereocenters. The van der Waals surface area contributed by atoms with Crippen LogP contribution in [0.25, 0.3) is 11.1 Å². The molecule has 2 aromatic carbocycles. The third-order valence-electron chi connectivity index (χ3n) is 2.91. The largest absolute Gasteiger partial charge is 0.478 e. The van der Waals surface area contributed by atoms with Crippen LogP contribution in [0.5, 0.6) is 0 Å². The van der Waals surface area contributed by atoms with E-state index in [1.165, 1.54) is 24.3 Å². The number of benzene rings is 2. The van der Waals surface area contributed by atoms with Gasteiger partial charge < -0.3 is 10.2 Å². The molecular weight excluding hydrogens is 374 g/mol. The van der Waals surface area contributed by atoms with Crippen molar-refractivity contribution in [2.75, 3.05) is 0 Å². The number of hydrogen-bond donors (Lipinski definition) is 2. The number of carboxylic acids is 2. The third kappa shape index (κ3) is 2.88. The van der Waals surface area contributed by atoms with E-state index in [0.717, 1.165) is 0 Å². The first kappa shape index (κ1) is 16.9. The summed E-state index contributed by atoms with van der Waals surface area (Å²) in [5.41, 5.74) is -0.458. The molecule has 0 saturated heterocycles. The molecule has 0 atom stereocenters. The minimum Gasteiger partial charge on any atom is -0.478 e. The minimum atomic E-state index is -1.34. The molecule has 2 N–H and O–H groups in total. The Labute approximate surface area is 144 Å². The van der Waals surface area contributed by atoms with E-state index >= 15 is 0 Å². The van der Waals surface area contributed by atoms with Crippen LogP contribution in [0.2, 0.25) is 20.1 Å². The average Bonchev–Trinajstić information content (AvgIpc) is 2.43. The van der Waals surface area contributed by atoms with Gasteiger partial charge in [-0.3, -0.25) is 0 Å². The van der Waals surface area contributed by atoms with Crippen LogP contribution in [0, 0.1) is 0 Å². The van der Waals surface area contributed by atoms with Gasteiger partial charge in [0.15, 0.2) is 0 Å². The van der Waals surface area contributed by atoms with Gasteiger partial charge in [0, 0.05) is 0 Å². The number of rotatable bonds is 3. The van der Waals surface area contributed by atoms with Crippen LogP contribution >= 0.6 is 46.4 Å². The van der Waals surface area contributed by atoms with Crippen LogP contribution in [-0.2, 0) is 0 Å². The SMILES string of the molecule is O=C(O)c1c(-c2ccc(Cl)c(Cl)c2C(=O)O)ccc(Cl)c1Cl. The van der Waals surface area contributed by atoms with E-state index in [-0.39, 0.29) is 42.3 Å². The van der Waals surface area contributed by atoms with Crippen molar-refractivity contribution in [3.8, 4) is 11.1 Å². The predicted molar refractivity (Wildman–Crippen MR) is 85.8 cm³/mol. The van der Waals surface area contributed by atoms with Crippen molar-refractivity contribution < 1.29 is 19.8 Å². The van der Waals surface area contributed by atoms with Gasteiger partial charge in [-0.1, -0.05) is 58.5 Å². The molecule has 0 spiro atoms. The summed E-state index contributed by atoms with van der Waals surface area (Å²) in [7, 11) is 0. The molecule has 0 aromatic heterocycles. The van der Waals surface area contributed by atoms with E-state index in [2.05, 4.69) is 0 Å². The lowest BCUT2D eigenvalue weighted by Crippen LogP contribution is -2.06. The van der Waals surface area contributed by atoms with Crippen LogP contribution in [-0.4, -0.2) is 22.2 Å². The monoisotopic (exact) mass is 378 g/mol. The fourth-order valence-electron chi connectivity index (χ4n) is 1.97. The Morgan fingerprint density at radius 2 is 1.00 bits per heavy atom. The second kappa shape index (κ2) is 6.34. The number of halogens is 4. The van der Waals surface area contributed by atoms with Gasteiger partial charge in [-0.2, -0.15) is 0 Å². The Kier molecular flexibility index (Phi) is 4.87. The minimum absolute atomic E-state index is 0.0414. The van der Waals surface area contributed by atoms with E-state index in [0.29, 0.717) is 0 Å². The van der Waals surface area contributed by atoms with E-state index in [1.807, 2.05) is 0 Å². The standard InChI is InChI=1S/C14H6Cl4O4/c15-7-3-1-5(9(11(7)17)13(19)20)6-2-4-8(16)12(18)10(6)14(21)22/h1-4H,(H,19,20)(H,21,22). The number of carboxylic acid groups (broad SMARTS) is 2. The Balaban J connectivity index is 2.90. The van der Waals surface area contributed by atoms with Gasteiger partial charge in [-0.05, 0) is 23.3 Å². The van der Waals surface area contributed by atoms with Gasteiger partial charge >= 0.3 is 11.9 Å². The maximum absolute atomic E-state index is 11.5. The molecule has 0 aliphatic rings. The van der Waals surface area contributed by atoms with Crippen LogP contribution in [0.15, 0.2) is 24.3 Å². The lowest BCUT2D eigenvalue weighted by molar-refractivity contribution is 0.0684. The van der Waals surface area contributed by atoms with Crippen molar-refractivity contribution in [1.29, 1.82) is 0 Å². The highest BCUT2D eigenvalue weighted by atomic mass is 35.5. The molecule has 0 fully saturated rings. The number of hydrogen-bond acceptors (Lipinski definition) is 2. The molecular formula is C14H6Cl4O4. The van der Waals surface area contributed by atoms with E-state index in [9.17, 15) is 19.8 Å². The zero-order valence-corrected chi connectivity index (χ0v) is 13.6. The maximum atomic E-state index is 11.5. The quantitative estimate of drug-likeness (QED) is 0.752. The topological polar surface area (TPSA) is 74.6 Å². The summed E-state index contributed by atoms with van der Waals surface area (Å²) < 4.78 is 0. The van der Waals surface area contributed by atoms with Crippen molar-refractivity contribution in [3.05, 3.63) is 55.5 Å². The van der Waals surface area contributed by atoms with Crippen molar-refractivity contribution in [3.63, 3.8) is 0 Å². The second-order valence-electron chi connectivity index (χ2n) is 4.18. The fraction of sp³-hybridized carbons (Fsp3) is 0. The molecule has 0 aliphatic heterocycles. The molecule has 0 heterocycles.